The molecule has 0 N–H and O–H groups in total. The van der Waals surface area contributed by atoms with Crippen LogP contribution in [0.5, 0.6) is 11.5 Å². The fourth-order valence-corrected chi connectivity index (χ4v) is 3.06. The number of benzene rings is 2. The summed E-state index contributed by atoms with van der Waals surface area (Å²) in [4.78, 5) is 0. The second-order valence-electron chi connectivity index (χ2n) is 6.20. The average molecular weight is 397 g/mol. The fourth-order valence-electron chi connectivity index (χ4n) is 2.61. The highest BCUT2D eigenvalue weighted by Crippen LogP contribution is 2.28. The van der Waals surface area contributed by atoms with Crippen LogP contribution in [0.1, 0.15) is 29.4 Å². The lowest BCUT2D eigenvalue weighted by Gasteiger charge is -2.11. The normalized spacial score (nSPS) is 11.1. The summed E-state index contributed by atoms with van der Waals surface area (Å²) in [6, 6.07) is 14.0. The fraction of sp³-hybridized carbons (Fsp3) is 0.286. The molecule has 0 bridgehead atoms. The first-order valence-corrected chi connectivity index (χ1v) is 10.3. The molecule has 0 aliphatic heterocycles. The summed E-state index contributed by atoms with van der Waals surface area (Å²) in [7, 11) is 1.63. The number of thioether (sulfide) groups is 1. The van der Waals surface area contributed by atoms with Crippen LogP contribution in [0.3, 0.4) is 0 Å². The van der Waals surface area contributed by atoms with E-state index in [-0.39, 0.29) is 0 Å². The molecule has 0 saturated heterocycles. The average Bonchev–Trinajstić information content (AvgIpc) is 3.14. The summed E-state index contributed by atoms with van der Waals surface area (Å²) in [6.45, 7) is 4.59. The van der Waals surface area contributed by atoms with E-state index in [0.29, 0.717) is 18.1 Å². The van der Waals surface area contributed by atoms with Gasteiger partial charge in [0.25, 0.3) is 0 Å². The zero-order chi connectivity index (χ0) is 19.9. The summed E-state index contributed by atoms with van der Waals surface area (Å²) in [5.41, 5.74) is 3.25. The smallest absolute Gasteiger partial charge is 0.211 e. The highest BCUT2D eigenvalue weighted by atomic mass is 32.2. The molecule has 6 nitrogen and oxygen atoms in total. The van der Waals surface area contributed by atoms with E-state index < -0.39 is 0 Å². The molecule has 2 aromatic carbocycles. The van der Waals surface area contributed by atoms with Gasteiger partial charge in [0.1, 0.15) is 6.61 Å². The maximum Gasteiger partial charge on any atom is 0.211 e. The van der Waals surface area contributed by atoms with Gasteiger partial charge in [-0.2, -0.15) is 9.78 Å². The molecule has 1 heterocycles. The molecule has 0 radical (unpaired) electrons. The molecule has 7 heteroatoms. The van der Waals surface area contributed by atoms with Crippen molar-refractivity contribution in [2.24, 2.45) is 5.10 Å². The second-order valence-corrected chi connectivity index (χ2v) is 6.97. The van der Waals surface area contributed by atoms with Gasteiger partial charge in [-0.15, -0.1) is 10.2 Å². The maximum atomic E-state index is 5.93. The van der Waals surface area contributed by atoms with Crippen LogP contribution < -0.4 is 9.47 Å². The van der Waals surface area contributed by atoms with Crippen molar-refractivity contribution in [1.29, 1.82) is 0 Å². The van der Waals surface area contributed by atoms with Crippen molar-refractivity contribution in [2.45, 2.75) is 32.0 Å². The molecule has 0 atom stereocenters. The van der Waals surface area contributed by atoms with E-state index in [4.69, 9.17) is 9.47 Å². The van der Waals surface area contributed by atoms with Gasteiger partial charge in [0.15, 0.2) is 17.3 Å². The van der Waals surface area contributed by atoms with Crippen LogP contribution in [-0.2, 0) is 13.0 Å². The third-order valence-electron chi connectivity index (χ3n) is 4.20. The summed E-state index contributed by atoms with van der Waals surface area (Å²) in [5, 5.41) is 13.6. The number of hydrogen-bond donors (Lipinski definition) is 0. The third kappa shape index (κ3) is 4.72. The molecule has 28 heavy (non-hydrogen) atoms. The Morgan fingerprint density at radius 2 is 1.89 bits per heavy atom. The largest absolute Gasteiger partial charge is 0.493 e. The summed E-state index contributed by atoms with van der Waals surface area (Å²) in [6.07, 6.45) is 4.49. The number of rotatable bonds is 8. The first-order chi connectivity index (χ1) is 13.6. The van der Waals surface area contributed by atoms with E-state index >= 15 is 0 Å². The van der Waals surface area contributed by atoms with Gasteiger partial charge in [0.05, 0.1) is 13.3 Å². The quantitative estimate of drug-likeness (QED) is 0.419. The van der Waals surface area contributed by atoms with Crippen molar-refractivity contribution in [3.8, 4) is 11.5 Å². The summed E-state index contributed by atoms with van der Waals surface area (Å²) >= 11 is 1.51. The van der Waals surface area contributed by atoms with Gasteiger partial charge in [0.2, 0.25) is 5.16 Å². The van der Waals surface area contributed by atoms with Gasteiger partial charge in [-0.1, -0.05) is 48.5 Å². The number of aryl methyl sites for hydroxylation is 2. The van der Waals surface area contributed by atoms with Crippen LogP contribution in [0.2, 0.25) is 0 Å². The zero-order valence-corrected chi connectivity index (χ0v) is 17.4. The van der Waals surface area contributed by atoms with Gasteiger partial charge in [-0.25, -0.2) is 0 Å². The lowest BCUT2D eigenvalue weighted by molar-refractivity contribution is 0.284. The third-order valence-corrected chi connectivity index (χ3v) is 4.82. The summed E-state index contributed by atoms with van der Waals surface area (Å²) < 4.78 is 13.2. The standard InChI is InChI=1S/C21H24N4O2S/c1-5-20-23-24-21(28-4)25(20)22-13-17-10-11-18(19(12-17)26-3)27-14-16-8-6-15(2)7-9-16/h6-13H,5,14H2,1-4H3/b22-13-. The number of aromatic nitrogens is 3. The van der Waals surface area contributed by atoms with Crippen LogP contribution >= 0.6 is 11.8 Å². The van der Waals surface area contributed by atoms with Crippen LogP contribution in [0.4, 0.5) is 0 Å². The van der Waals surface area contributed by atoms with Crippen molar-refractivity contribution in [1.82, 2.24) is 14.9 Å². The summed E-state index contributed by atoms with van der Waals surface area (Å²) in [5.74, 6) is 2.19. The minimum atomic E-state index is 0.488. The van der Waals surface area contributed by atoms with Crippen molar-refractivity contribution in [3.63, 3.8) is 0 Å². The predicted octanol–water partition coefficient (Wildman–Crippen LogP) is 4.34. The Morgan fingerprint density at radius 3 is 2.57 bits per heavy atom. The van der Waals surface area contributed by atoms with E-state index in [1.807, 2.05) is 31.4 Å². The molecular formula is C21H24N4O2S. The van der Waals surface area contributed by atoms with Crippen molar-refractivity contribution in [3.05, 3.63) is 65.0 Å². The van der Waals surface area contributed by atoms with Crippen LogP contribution in [0.25, 0.3) is 0 Å². The Labute approximate surface area is 169 Å². The van der Waals surface area contributed by atoms with Gasteiger partial charge in [0, 0.05) is 6.42 Å². The molecule has 0 aliphatic rings. The molecule has 0 spiro atoms. The number of hydrogen-bond acceptors (Lipinski definition) is 6. The Balaban J connectivity index is 1.75. The van der Waals surface area contributed by atoms with Crippen molar-refractivity contribution >= 4 is 18.0 Å². The Morgan fingerprint density at radius 1 is 1.11 bits per heavy atom. The minimum Gasteiger partial charge on any atom is -0.493 e. The number of methoxy groups -OCH3 is 1. The molecule has 0 fully saturated rings. The topological polar surface area (TPSA) is 61.5 Å². The molecule has 0 aliphatic carbocycles. The Hall–Kier alpha value is -2.80. The van der Waals surface area contributed by atoms with Crippen LogP contribution in [-0.4, -0.2) is 34.5 Å². The SMILES string of the molecule is CCc1nnc(SC)n1/N=C\c1ccc(OCc2ccc(C)cc2)c(OC)c1. The first-order valence-electron chi connectivity index (χ1n) is 9.03. The van der Waals surface area contributed by atoms with Gasteiger partial charge < -0.3 is 9.47 Å². The monoisotopic (exact) mass is 396 g/mol. The predicted molar refractivity (Wildman–Crippen MR) is 113 cm³/mol. The highest BCUT2D eigenvalue weighted by Gasteiger charge is 2.09. The second kappa shape index (κ2) is 9.41. The lowest BCUT2D eigenvalue weighted by Crippen LogP contribution is -2.00. The van der Waals surface area contributed by atoms with Crippen LogP contribution in [0.15, 0.2) is 52.7 Å². The molecule has 3 aromatic rings. The van der Waals surface area contributed by atoms with Crippen LogP contribution in [0, 0.1) is 6.92 Å². The zero-order valence-electron chi connectivity index (χ0n) is 16.5. The van der Waals surface area contributed by atoms with Crippen molar-refractivity contribution in [2.75, 3.05) is 13.4 Å². The van der Waals surface area contributed by atoms with Crippen molar-refractivity contribution < 1.29 is 9.47 Å². The molecule has 1 aromatic heterocycles. The Bertz CT molecular complexity index is 930. The molecule has 146 valence electrons. The maximum absolute atomic E-state index is 5.93. The molecular weight excluding hydrogens is 372 g/mol. The van der Waals surface area contributed by atoms with E-state index in [9.17, 15) is 0 Å². The minimum absolute atomic E-state index is 0.488. The van der Waals surface area contributed by atoms with Gasteiger partial charge in [-0.3, -0.25) is 0 Å². The van der Waals surface area contributed by atoms with Gasteiger partial charge >= 0.3 is 0 Å². The number of ether oxygens (including phenoxy) is 2. The molecule has 0 saturated carbocycles. The lowest BCUT2D eigenvalue weighted by atomic mass is 10.2. The van der Waals surface area contributed by atoms with E-state index in [2.05, 4.69) is 46.5 Å². The molecule has 3 rings (SSSR count). The molecule has 0 unspecified atom stereocenters. The highest BCUT2D eigenvalue weighted by molar-refractivity contribution is 7.98. The van der Waals surface area contributed by atoms with E-state index in [1.165, 1.54) is 17.3 Å². The van der Waals surface area contributed by atoms with Gasteiger partial charge in [-0.05, 0) is 42.5 Å². The van der Waals surface area contributed by atoms with E-state index in [1.54, 1.807) is 18.0 Å². The number of nitrogens with zero attached hydrogens (tertiary/aromatic N) is 4. The molecule has 0 amide bonds. The van der Waals surface area contributed by atoms with E-state index in [0.717, 1.165) is 28.5 Å². The first kappa shape index (κ1) is 19.9. The Kier molecular flexibility index (Phi) is 6.71.